The Balaban J connectivity index is 2.30. The number of rotatable bonds is 2. The molecule has 1 aliphatic rings. The largest absolute Gasteiger partial charge is 0.471 e. The molecule has 9 heteroatoms. The summed E-state index contributed by atoms with van der Waals surface area (Å²) < 4.78 is 37.3. The molecule has 0 saturated carbocycles. The number of carbonyl (C=O) groups excluding carboxylic acids is 2. The molecular weight excluding hydrogens is 319 g/mol. The monoisotopic (exact) mass is 335 g/mol. The molecule has 1 aromatic rings. The zero-order chi connectivity index (χ0) is 16.5. The van der Waals surface area contributed by atoms with Crippen LogP contribution in [0.25, 0.3) is 0 Å². The van der Waals surface area contributed by atoms with Crippen molar-refractivity contribution in [1.82, 2.24) is 10.2 Å². The molecule has 122 valence electrons. The molecule has 1 fully saturated rings. The summed E-state index contributed by atoms with van der Waals surface area (Å²) in [4.78, 5) is 26.0. The summed E-state index contributed by atoms with van der Waals surface area (Å²) in [6, 6.07) is 0. The predicted octanol–water partition coefficient (Wildman–Crippen LogP) is 1.91. The number of piperazine rings is 1. The lowest BCUT2D eigenvalue weighted by molar-refractivity contribution is -0.167. The molecule has 0 unspecified atom stereocenters. The Morgan fingerprint density at radius 3 is 2.36 bits per heavy atom. The molecule has 0 aliphatic carbocycles. The van der Waals surface area contributed by atoms with Gasteiger partial charge in [-0.2, -0.15) is 13.2 Å². The molecule has 2 amide bonds. The highest BCUT2D eigenvalue weighted by Gasteiger charge is 2.40. The first-order valence-electron chi connectivity index (χ1n) is 6.70. The summed E-state index contributed by atoms with van der Waals surface area (Å²) in [7, 11) is 0. The van der Waals surface area contributed by atoms with Gasteiger partial charge in [0.2, 0.25) is 0 Å². The van der Waals surface area contributed by atoms with E-state index in [1.54, 1.807) is 18.7 Å². The van der Waals surface area contributed by atoms with Crippen molar-refractivity contribution in [2.24, 2.45) is 0 Å². The first kappa shape index (κ1) is 16.8. The lowest BCUT2D eigenvalue weighted by atomic mass is 10.1. The third-order valence-electron chi connectivity index (χ3n) is 3.49. The fourth-order valence-electron chi connectivity index (χ4n) is 2.17. The summed E-state index contributed by atoms with van der Waals surface area (Å²) in [5, 5.41) is 4.88. The van der Waals surface area contributed by atoms with Gasteiger partial charge in [-0.05, 0) is 19.4 Å². The Labute approximate surface area is 129 Å². The summed E-state index contributed by atoms with van der Waals surface area (Å²) in [6.45, 7) is 5.62. The molecule has 5 nitrogen and oxygen atoms in total. The van der Waals surface area contributed by atoms with E-state index in [1.807, 2.05) is 5.32 Å². The maximum atomic E-state index is 12.6. The summed E-state index contributed by atoms with van der Waals surface area (Å²) >= 11 is 0.983. The van der Waals surface area contributed by atoms with Gasteiger partial charge in [-0.3, -0.25) is 9.59 Å². The maximum absolute atomic E-state index is 12.6. The van der Waals surface area contributed by atoms with E-state index >= 15 is 0 Å². The highest BCUT2D eigenvalue weighted by atomic mass is 32.1. The van der Waals surface area contributed by atoms with Crippen LogP contribution in [0.1, 0.15) is 20.8 Å². The number of hydrogen-bond donors (Lipinski definition) is 2. The number of nitrogens with one attached hydrogen (secondary N) is 2. The van der Waals surface area contributed by atoms with Crippen molar-refractivity contribution >= 4 is 28.2 Å². The molecule has 0 bridgehead atoms. The molecule has 0 radical (unpaired) electrons. The molecule has 2 heterocycles. The topological polar surface area (TPSA) is 61.4 Å². The quantitative estimate of drug-likeness (QED) is 0.868. The molecule has 22 heavy (non-hydrogen) atoms. The number of amides is 2. The van der Waals surface area contributed by atoms with Crippen LogP contribution in [0.3, 0.4) is 0 Å². The normalized spacial score (nSPS) is 15.8. The van der Waals surface area contributed by atoms with Gasteiger partial charge in [-0.25, -0.2) is 0 Å². The number of anilines is 1. The predicted molar refractivity (Wildman–Crippen MR) is 77.3 cm³/mol. The zero-order valence-corrected chi connectivity index (χ0v) is 13.0. The standard InChI is InChI=1S/C13H16F3N3O2S/c1-7-8(2)22-10(18-12(21)13(14,15)16)9(7)11(20)19-5-3-17-4-6-19/h17H,3-6H2,1-2H3,(H,18,21). The van der Waals surface area contributed by atoms with E-state index in [2.05, 4.69) is 5.32 Å². The van der Waals surface area contributed by atoms with Crippen LogP contribution in [0.15, 0.2) is 0 Å². The van der Waals surface area contributed by atoms with E-state index in [0.29, 0.717) is 36.6 Å². The second-order valence-corrected chi connectivity index (χ2v) is 6.21. The van der Waals surface area contributed by atoms with Gasteiger partial charge in [0.1, 0.15) is 5.00 Å². The Morgan fingerprint density at radius 1 is 1.23 bits per heavy atom. The number of hydrogen-bond acceptors (Lipinski definition) is 4. The second-order valence-electron chi connectivity index (χ2n) is 4.98. The minimum Gasteiger partial charge on any atom is -0.336 e. The van der Waals surface area contributed by atoms with E-state index in [9.17, 15) is 22.8 Å². The minimum atomic E-state index is -4.98. The van der Waals surface area contributed by atoms with Crippen LogP contribution < -0.4 is 10.6 Å². The Kier molecular flexibility index (Phi) is 4.76. The van der Waals surface area contributed by atoms with Crippen LogP contribution in [0.5, 0.6) is 0 Å². The number of thiophene rings is 1. The number of nitrogens with zero attached hydrogens (tertiary/aromatic N) is 1. The summed E-state index contributed by atoms with van der Waals surface area (Å²) in [5.74, 6) is -2.41. The molecule has 1 aromatic heterocycles. The lowest BCUT2D eigenvalue weighted by Gasteiger charge is -2.27. The van der Waals surface area contributed by atoms with Gasteiger partial charge in [0.05, 0.1) is 5.56 Å². The van der Waals surface area contributed by atoms with Gasteiger partial charge >= 0.3 is 12.1 Å². The third kappa shape index (κ3) is 3.41. The van der Waals surface area contributed by atoms with Crippen molar-refractivity contribution in [3.63, 3.8) is 0 Å². The van der Waals surface area contributed by atoms with E-state index in [-0.39, 0.29) is 16.5 Å². The van der Waals surface area contributed by atoms with Crippen LogP contribution in [0, 0.1) is 13.8 Å². The Hall–Kier alpha value is -1.61. The highest BCUT2D eigenvalue weighted by molar-refractivity contribution is 7.16. The zero-order valence-electron chi connectivity index (χ0n) is 12.1. The van der Waals surface area contributed by atoms with Gasteiger partial charge in [-0.15, -0.1) is 11.3 Å². The fourth-order valence-corrected chi connectivity index (χ4v) is 3.22. The van der Waals surface area contributed by atoms with E-state index in [0.717, 1.165) is 11.3 Å². The fraction of sp³-hybridized carbons (Fsp3) is 0.538. The van der Waals surface area contributed by atoms with Gasteiger partial charge in [0.25, 0.3) is 5.91 Å². The molecule has 2 N–H and O–H groups in total. The van der Waals surface area contributed by atoms with Gasteiger partial charge in [0, 0.05) is 31.1 Å². The highest BCUT2D eigenvalue weighted by Crippen LogP contribution is 2.34. The van der Waals surface area contributed by atoms with Crippen molar-refractivity contribution in [3.8, 4) is 0 Å². The average molecular weight is 335 g/mol. The molecule has 2 rings (SSSR count). The second kappa shape index (κ2) is 6.25. The first-order valence-corrected chi connectivity index (χ1v) is 7.51. The average Bonchev–Trinajstić information content (AvgIpc) is 2.73. The molecule has 1 aliphatic heterocycles. The Morgan fingerprint density at radius 2 is 1.82 bits per heavy atom. The molecule has 0 spiro atoms. The molecule has 0 atom stereocenters. The smallest absolute Gasteiger partial charge is 0.336 e. The van der Waals surface area contributed by atoms with Crippen LogP contribution in [0.2, 0.25) is 0 Å². The molecular formula is C13H16F3N3O2S. The van der Waals surface area contributed by atoms with Crippen molar-refractivity contribution < 1.29 is 22.8 Å². The maximum Gasteiger partial charge on any atom is 0.471 e. The van der Waals surface area contributed by atoms with E-state index in [4.69, 9.17) is 0 Å². The SMILES string of the molecule is Cc1sc(NC(=O)C(F)(F)F)c(C(=O)N2CCNCC2)c1C. The third-order valence-corrected chi connectivity index (χ3v) is 4.61. The minimum absolute atomic E-state index is 0.0409. The van der Waals surface area contributed by atoms with Crippen molar-refractivity contribution in [2.45, 2.75) is 20.0 Å². The molecule has 1 saturated heterocycles. The van der Waals surface area contributed by atoms with E-state index < -0.39 is 12.1 Å². The lowest BCUT2D eigenvalue weighted by Crippen LogP contribution is -2.46. The van der Waals surface area contributed by atoms with Crippen molar-refractivity contribution in [2.75, 3.05) is 31.5 Å². The number of alkyl halides is 3. The summed E-state index contributed by atoms with van der Waals surface area (Å²) in [6.07, 6.45) is -4.98. The van der Waals surface area contributed by atoms with Gasteiger partial charge < -0.3 is 15.5 Å². The van der Waals surface area contributed by atoms with Crippen LogP contribution in [-0.4, -0.2) is 49.1 Å². The van der Waals surface area contributed by atoms with E-state index in [1.165, 1.54) is 0 Å². The van der Waals surface area contributed by atoms with Crippen molar-refractivity contribution in [1.29, 1.82) is 0 Å². The van der Waals surface area contributed by atoms with Crippen LogP contribution in [-0.2, 0) is 4.79 Å². The molecule has 0 aromatic carbocycles. The van der Waals surface area contributed by atoms with Crippen LogP contribution in [0.4, 0.5) is 18.2 Å². The number of halogens is 3. The van der Waals surface area contributed by atoms with Gasteiger partial charge in [-0.1, -0.05) is 0 Å². The first-order chi connectivity index (χ1) is 10.2. The Bertz CT molecular complexity index is 592. The number of carbonyl (C=O) groups is 2. The van der Waals surface area contributed by atoms with Crippen molar-refractivity contribution in [3.05, 3.63) is 16.0 Å². The van der Waals surface area contributed by atoms with Crippen LogP contribution >= 0.6 is 11.3 Å². The summed E-state index contributed by atoms with van der Waals surface area (Å²) in [5.41, 5.74) is 0.757. The van der Waals surface area contributed by atoms with Gasteiger partial charge in [0.15, 0.2) is 0 Å². The number of aryl methyl sites for hydroxylation is 1.